The Balaban J connectivity index is 2.17. The summed E-state index contributed by atoms with van der Waals surface area (Å²) in [4.78, 5) is 6.62. The number of pyridine rings is 1. The molecule has 1 N–H and O–H groups in total. The summed E-state index contributed by atoms with van der Waals surface area (Å²) in [6, 6.07) is 4.19. The second kappa shape index (κ2) is 5.05. The molecule has 1 fully saturated rings. The van der Waals surface area contributed by atoms with Crippen LogP contribution in [0.25, 0.3) is 0 Å². The summed E-state index contributed by atoms with van der Waals surface area (Å²) in [6.45, 7) is 6.54. The van der Waals surface area contributed by atoms with Crippen molar-refractivity contribution in [1.29, 1.82) is 0 Å². The number of nitrogens with zero attached hydrogens (tertiary/aromatic N) is 2. The second-order valence-electron chi connectivity index (χ2n) is 5.19. The van der Waals surface area contributed by atoms with Gasteiger partial charge in [-0.2, -0.15) is 0 Å². The summed E-state index contributed by atoms with van der Waals surface area (Å²) in [5.74, 6) is 0. The van der Waals surface area contributed by atoms with Gasteiger partial charge in [-0.3, -0.25) is 4.98 Å². The van der Waals surface area contributed by atoms with Crippen molar-refractivity contribution >= 4 is 5.69 Å². The maximum absolute atomic E-state index is 9.62. The van der Waals surface area contributed by atoms with E-state index in [1.807, 2.05) is 13.1 Å². The van der Waals surface area contributed by atoms with Gasteiger partial charge in [-0.15, -0.1) is 0 Å². The molecule has 94 valence electrons. The molecular weight excluding hydrogens is 212 g/mol. The highest BCUT2D eigenvalue weighted by Gasteiger charge is 2.33. The first kappa shape index (κ1) is 12.4. The van der Waals surface area contributed by atoms with E-state index >= 15 is 0 Å². The standard InChI is InChI=1S/C14H22N2O/c1-3-14(11-17)6-4-8-16(10-14)13-5-7-15-12(2)9-13/h5,7,9,17H,3-4,6,8,10-11H2,1-2H3/t14-/m1/s1. The Bertz CT molecular complexity index is 374. The number of hydrogen-bond donors (Lipinski definition) is 1. The average molecular weight is 234 g/mol. The van der Waals surface area contributed by atoms with Crippen LogP contribution in [0.4, 0.5) is 5.69 Å². The van der Waals surface area contributed by atoms with Gasteiger partial charge in [-0.05, 0) is 38.3 Å². The smallest absolute Gasteiger partial charge is 0.0504 e. The third-order valence-electron chi connectivity index (χ3n) is 3.99. The van der Waals surface area contributed by atoms with Gasteiger partial charge in [0.25, 0.3) is 0 Å². The Morgan fingerprint density at radius 1 is 1.53 bits per heavy atom. The van der Waals surface area contributed by atoms with Crippen LogP contribution < -0.4 is 4.90 Å². The van der Waals surface area contributed by atoms with Gasteiger partial charge in [0.05, 0.1) is 6.61 Å². The number of rotatable bonds is 3. The predicted molar refractivity (Wildman–Crippen MR) is 70.2 cm³/mol. The molecule has 3 nitrogen and oxygen atoms in total. The number of aryl methyl sites for hydroxylation is 1. The summed E-state index contributed by atoms with van der Waals surface area (Å²) in [5, 5.41) is 9.62. The van der Waals surface area contributed by atoms with Crippen LogP contribution in [-0.4, -0.2) is 29.8 Å². The van der Waals surface area contributed by atoms with Crippen molar-refractivity contribution in [3.63, 3.8) is 0 Å². The lowest BCUT2D eigenvalue weighted by Gasteiger charge is -2.42. The molecule has 0 radical (unpaired) electrons. The summed E-state index contributed by atoms with van der Waals surface area (Å²) >= 11 is 0. The number of aliphatic hydroxyl groups excluding tert-OH is 1. The summed E-state index contributed by atoms with van der Waals surface area (Å²) in [6.07, 6.45) is 5.21. The second-order valence-corrected chi connectivity index (χ2v) is 5.19. The number of aliphatic hydroxyl groups is 1. The van der Waals surface area contributed by atoms with Crippen LogP contribution in [0.2, 0.25) is 0 Å². The largest absolute Gasteiger partial charge is 0.396 e. The molecule has 17 heavy (non-hydrogen) atoms. The molecule has 1 aliphatic heterocycles. The number of hydrogen-bond acceptors (Lipinski definition) is 3. The highest BCUT2D eigenvalue weighted by Crippen LogP contribution is 2.34. The lowest BCUT2D eigenvalue weighted by Crippen LogP contribution is -2.45. The molecule has 0 aromatic carbocycles. The summed E-state index contributed by atoms with van der Waals surface area (Å²) in [5.41, 5.74) is 2.39. The van der Waals surface area contributed by atoms with Crippen molar-refractivity contribution in [2.45, 2.75) is 33.1 Å². The molecule has 2 heterocycles. The van der Waals surface area contributed by atoms with Crippen molar-refractivity contribution in [3.8, 4) is 0 Å². The maximum Gasteiger partial charge on any atom is 0.0504 e. The average Bonchev–Trinajstić information content (AvgIpc) is 2.39. The molecule has 2 rings (SSSR count). The van der Waals surface area contributed by atoms with E-state index in [2.05, 4.69) is 28.9 Å². The van der Waals surface area contributed by atoms with Crippen LogP contribution in [0.5, 0.6) is 0 Å². The van der Waals surface area contributed by atoms with Gasteiger partial charge in [0.2, 0.25) is 0 Å². The molecule has 0 saturated carbocycles. The lowest BCUT2D eigenvalue weighted by atomic mass is 9.78. The molecular formula is C14H22N2O. The molecule has 1 atom stereocenters. The highest BCUT2D eigenvalue weighted by molar-refractivity contribution is 5.47. The van der Waals surface area contributed by atoms with Gasteiger partial charge < -0.3 is 10.0 Å². The minimum Gasteiger partial charge on any atom is -0.396 e. The van der Waals surface area contributed by atoms with Crippen LogP contribution >= 0.6 is 0 Å². The normalized spacial score (nSPS) is 25.0. The Hall–Kier alpha value is -1.09. The Morgan fingerprint density at radius 3 is 3.00 bits per heavy atom. The quantitative estimate of drug-likeness (QED) is 0.872. The highest BCUT2D eigenvalue weighted by atomic mass is 16.3. The molecule has 0 amide bonds. The third kappa shape index (κ3) is 2.60. The molecule has 0 unspecified atom stereocenters. The fourth-order valence-electron chi connectivity index (χ4n) is 2.69. The van der Waals surface area contributed by atoms with E-state index < -0.39 is 0 Å². The zero-order chi connectivity index (χ0) is 12.3. The monoisotopic (exact) mass is 234 g/mol. The van der Waals surface area contributed by atoms with Gasteiger partial charge in [0, 0.05) is 36.1 Å². The van der Waals surface area contributed by atoms with Crippen LogP contribution in [0.15, 0.2) is 18.3 Å². The lowest BCUT2D eigenvalue weighted by molar-refractivity contribution is 0.101. The van der Waals surface area contributed by atoms with Crippen LogP contribution in [0, 0.1) is 12.3 Å². The SMILES string of the molecule is CC[C@@]1(CO)CCCN(c2ccnc(C)c2)C1. The number of aromatic nitrogens is 1. The van der Waals surface area contributed by atoms with E-state index in [4.69, 9.17) is 0 Å². The fraction of sp³-hybridized carbons (Fsp3) is 0.643. The first-order valence-electron chi connectivity index (χ1n) is 6.47. The van der Waals surface area contributed by atoms with Gasteiger partial charge in [0.1, 0.15) is 0 Å². The predicted octanol–water partition coefficient (Wildman–Crippen LogP) is 2.38. The van der Waals surface area contributed by atoms with Gasteiger partial charge >= 0.3 is 0 Å². The molecule has 1 aromatic rings. The zero-order valence-electron chi connectivity index (χ0n) is 10.8. The van der Waals surface area contributed by atoms with Crippen molar-refractivity contribution in [2.24, 2.45) is 5.41 Å². The number of anilines is 1. The molecule has 1 aliphatic rings. The Kier molecular flexibility index (Phi) is 3.67. The van der Waals surface area contributed by atoms with Crippen LogP contribution in [0.1, 0.15) is 31.9 Å². The Labute approximate surface area is 103 Å². The van der Waals surface area contributed by atoms with E-state index in [-0.39, 0.29) is 5.41 Å². The van der Waals surface area contributed by atoms with Crippen molar-refractivity contribution in [3.05, 3.63) is 24.0 Å². The molecule has 0 aliphatic carbocycles. The summed E-state index contributed by atoms with van der Waals surface area (Å²) < 4.78 is 0. The zero-order valence-corrected chi connectivity index (χ0v) is 10.8. The molecule has 1 aromatic heterocycles. The van der Waals surface area contributed by atoms with Crippen LogP contribution in [0.3, 0.4) is 0 Å². The van der Waals surface area contributed by atoms with Gasteiger partial charge in [-0.25, -0.2) is 0 Å². The first-order valence-corrected chi connectivity index (χ1v) is 6.47. The number of piperidine rings is 1. The minimum absolute atomic E-state index is 0.0927. The fourth-order valence-corrected chi connectivity index (χ4v) is 2.69. The van der Waals surface area contributed by atoms with Crippen molar-refractivity contribution in [2.75, 3.05) is 24.6 Å². The van der Waals surface area contributed by atoms with Crippen molar-refractivity contribution < 1.29 is 5.11 Å². The van der Waals surface area contributed by atoms with E-state index in [1.165, 1.54) is 5.69 Å². The van der Waals surface area contributed by atoms with E-state index in [9.17, 15) is 5.11 Å². The van der Waals surface area contributed by atoms with Crippen molar-refractivity contribution in [1.82, 2.24) is 4.98 Å². The van der Waals surface area contributed by atoms with Crippen LogP contribution in [-0.2, 0) is 0 Å². The molecule has 3 heteroatoms. The van der Waals surface area contributed by atoms with E-state index in [1.54, 1.807) is 0 Å². The minimum atomic E-state index is 0.0927. The van der Waals surface area contributed by atoms with Gasteiger partial charge in [-0.1, -0.05) is 6.92 Å². The Morgan fingerprint density at radius 2 is 2.35 bits per heavy atom. The van der Waals surface area contributed by atoms with E-state index in [0.717, 1.165) is 38.0 Å². The van der Waals surface area contributed by atoms with E-state index in [0.29, 0.717) is 6.61 Å². The molecule has 0 bridgehead atoms. The first-order chi connectivity index (χ1) is 8.19. The molecule has 0 spiro atoms. The molecule has 1 saturated heterocycles. The van der Waals surface area contributed by atoms with Gasteiger partial charge in [0.15, 0.2) is 0 Å². The maximum atomic E-state index is 9.62. The summed E-state index contributed by atoms with van der Waals surface area (Å²) in [7, 11) is 0. The topological polar surface area (TPSA) is 36.4 Å². The third-order valence-corrected chi connectivity index (χ3v) is 3.99.